The molecular formula is C23H23F2N3O4S2. The maximum absolute atomic E-state index is 14.4. The number of hydrogen-bond acceptors (Lipinski definition) is 5. The van der Waals surface area contributed by atoms with Gasteiger partial charge in [-0.15, -0.1) is 6.58 Å². The molecule has 1 aliphatic rings. The molecule has 1 amide bonds. The number of thiazole rings is 1. The number of rotatable bonds is 6. The van der Waals surface area contributed by atoms with Crippen LogP contribution in [0.1, 0.15) is 12.8 Å². The van der Waals surface area contributed by atoms with Gasteiger partial charge in [0.05, 0.1) is 28.1 Å². The Labute approximate surface area is 199 Å². The molecule has 11 heteroatoms. The molecule has 7 nitrogen and oxygen atoms in total. The maximum atomic E-state index is 14.4. The van der Waals surface area contributed by atoms with Crippen LogP contribution in [0.5, 0.6) is 5.75 Å². The summed E-state index contributed by atoms with van der Waals surface area (Å²) in [7, 11) is -2.30. The Morgan fingerprint density at radius 3 is 2.71 bits per heavy atom. The van der Waals surface area contributed by atoms with Crippen LogP contribution in [0.3, 0.4) is 0 Å². The van der Waals surface area contributed by atoms with Crippen LogP contribution in [0.25, 0.3) is 10.2 Å². The van der Waals surface area contributed by atoms with Crippen molar-refractivity contribution in [3.63, 3.8) is 0 Å². The third-order valence-electron chi connectivity index (χ3n) is 5.64. The minimum absolute atomic E-state index is 0.00790. The number of hydrogen-bond donors (Lipinski definition) is 0. The van der Waals surface area contributed by atoms with E-state index in [-0.39, 0.29) is 28.3 Å². The van der Waals surface area contributed by atoms with E-state index in [1.165, 1.54) is 40.3 Å². The van der Waals surface area contributed by atoms with E-state index in [9.17, 15) is 22.0 Å². The van der Waals surface area contributed by atoms with E-state index in [4.69, 9.17) is 4.74 Å². The highest BCUT2D eigenvalue weighted by Crippen LogP contribution is 2.26. The summed E-state index contributed by atoms with van der Waals surface area (Å²) in [4.78, 5) is 17.6. The molecule has 3 aromatic rings. The van der Waals surface area contributed by atoms with Gasteiger partial charge in [-0.05, 0) is 43.2 Å². The normalized spacial score (nSPS) is 17.7. The van der Waals surface area contributed by atoms with Gasteiger partial charge in [0, 0.05) is 25.7 Å². The van der Waals surface area contributed by atoms with E-state index >= 15 is 0 Å². The minimum Gasteiger partial charge on any atom is -0.497 e. The quantitative estimate of drug-likeness (QED) is 0.477. The molecule has 0 N–H and O–H groups in total. The van der Waals surface area contributed by atoms with Crippen molar-refractivity contribution in [1.82, 2.24) is 8.87 Å². The smallest absolute Gasteiger partial charge is 0.252 e. The first-order chi connectivity index (χ1) is 16.2. The highest BCUT2D eigenvalue weighted by atomic mass is 32.2. The molecule has 1 aliphatic heterocycles. The third-order valence-corrected chi connectivity index (χ3v) is 8.55. The van der Waals surface area contributed by atoms with Crippen molar-refractivity contribution in [2.24, 2.45) is 10.9 Å². The van der Waals surface area contributed by atoms with E-state index in [0.29, 0.717) is 29.8 Å². The standard InChI is InChI=1S/C23H23F2N3O4S2/c1-3-10-28-21-19(25)12-16(24)13-20(21)33-23(28)26-22(29)15-5-4-11-27(14-15)34(30,31)18-8-6-17(32-2)7-9-18/h3,6-9,12-13,15H,1,4-5,10-11,14H2,2H3. The summed E-state index contributed by atoms with van der Waals surface area (Å²) in [5.41, 5.74) is 0.144. The Morgan fingerprint density at radius 2 is 2.03 bits per heavy atom. The van der Waals surface area contributed by atoms with Gasteiger partial charge in [0.1, 0.15) is 11.6 Å². The van der Waals surface area contributed by atoms with Crippen molar-refractivity contribution in [2.45, 2.75) is 24.3 Å². The van der Waals surface area contributed by atoms with Gasteiger partial charge in [-0.25, -0.2) is 17.2 Å². The molecule has 1 unspecified atom stereocenters. The number of ether oxygens (including phenoxy) is 1. The van der Waals surface area contributed by atoms with Gasteiger partial charge in [0.25, 0.3) is 5.91 Å². The van der Waals surface area contributed by atoms with E-state index in [2.05, 4.69) is 11.6 Å². The van der Waals surface area contributed by atoms with Crippen LogP contribution in [-0.4, -0.2) is 43.4 Å². The Hall–Kier alpha value is -2.89. The molecule has 4 rings (SSSR count). The molecule has 2 heterocycles. The Kier molecular flexibility index (Phi) is 6.96. The van der Waals surface area contributed by atoms with E-state index in [0.717, 1.165) is 17.4 Å². The van der Waals surface area contributed by atoms with Crippen LogP contribution in [0.4, 0.5) is 8.78 Å². The first-order valence-corrected chi connectivity index (χ1v) is 12.8. The van der Waals surface area contributed by atoms with E-state index in [1.54, 1.807) is 12.1 Å². The summed E-state index contributed by atoms with van der Waals surface area (Å²) < 4.78 is 62.4. The van der Waals surface area contributed by atoms with Crippen molar-refractivity contribution in [1.29, 1.82) is 0 Å². The Balaban J connectivity index is 1.63. The molecule has 0 spiro atoms. The van der Waals surface area contributed by atoms with E-state index < -0.39 is 33.5 Å². The first kappa shape index (κ1) is 24.2. The van der Waals surface area contributed by atoms with Gasteiger partial charge in [-0.3, -0.25) is 4.79 Å². The van der Waals surface area contributed by atoms with Crippen LogP contribution in [0.2, 0.25) is 0 Å². The number of aromatic nitrogens is 1. The maximum Gasteiger partial charge on any atom is 0.252 e. The van der Waals surface area contributed by atoms with Crippen LogP contribution < -0.4 is 9.54 Å². The lowest BCUT2D eigenvalue weighted by atomic mass is 9.99. The van der Waals surface area contributed by atoms with Crippen LogP contribution in [0.15, 0.2) is 58.9 Å². The molecule has 0 bridgehead atoms. The van der Waals surface area contributed by atoms with Gasteiger partial charge in [0.15, 0.2) is 10.6 Å². The number of allylic oxidation sites excluding steroid dienone is 1. The molecule has 1 aromatic heterocycles. The van der Waals surface area contributed by atoms with Gasteiger partial charge in [-0.2, -0.15) is 9.30 Å². The number of fused-ring (bicyclic) bond motifs is 1. The Morgan fingerprint density at radius 1 is 1.29 bits per heavy atom. The SMILES string of the molecule is C=CCn1c(=NC(=O)C2CCCN(S(=O)(=O)c3ccc(OC)cc3)C2)sc2cc(F)cc(F)c21. The lowest BCUT2D eigenvalue weighted by Crippen LogP contribution is -2.42. The summed E-state index contributed by atoms with van der Waals surface area (Å²) in [5.74, 6) is -2.08. The summed E-state index contributed by atoms with van der Waals surface area (Å²) in [6.07, 6.45) is 2.51. The third kappa shape index (κ3) is 4.68. The monoisotopic (exact) mass is 507 g/mol. The Bertz CT molecular complexity index is 1410. The summed E-state index contributed by atoms with van der Waals surface area (Å²) in [5, 5.41) is 0. The molecular weight excluding hydrogens is 484 g/mol. The molecule has 1 fully saturated rings. The zero-order chi connectivity index (χ0) is 24.5. The molecule has 0 radical (unpaired) electrons. The molecule has 180 valence electrons. The van der Waals surface area contributed by atoms with Crippen LogP contribution in [-0.2, 0) is 21.4 Å². The second kappa shape index (κ2) is 9.77. The van der Waals surface area contributed by atoms with E-state index in [1.807, 2.05) is 0 Å². The fourth-order valence-corrected chi connectivity index (χ4v) is 6.57. The van der Waals surface area contributed by atoms with Crippen molar-refractivity contribution in [3.8, 4) is 5.75 Å². The van der Waals surface area contributed by atoms with Crippen LogP contribution in [0, 0.1) is 17.6 Å². The van der Waals surface area contributed by atoms with Crippen LogP contribution >= 0.6 is 11.3 Å². The number of methoxy groups -OCH3 is 1. The zero-order valence-corrected chi connectivity index (χ0v) is 20.0. The summed E-state index contributed by atoms with van der Waals surface area (Å²) in [6, 6.07) is 8.03. The summed E-state index contributed by atoms with van der Waals surface area (Å²) >= 11 is 0.995. The van der Waals surface area contributed by atoms with Gasteiger partial charge >= 0.3 is 0 Å². The molecule has 0 aliphatic carbocycles. The van der Waals surface area contributed by atoms with Crippen molar-refractivity contribution < 1.29 is 26.7 Å². The molecule has 2 aromatic carbocycles. The average molecular weight is 508 g/mol. The number of carbonyl (C=O) groups is 1. The minimum atomic E-state index is -3.80. The molecule has 1 saturated heterocycles. The molecule has 1 atom stereocenters. The fraction of sp³-hybridized carbons (Fsp3) is 0.304. The topological polar surface area (TPSA) is 81.0 Å². The lowest BCUT2D eigenvalue weighted by Gasteiger charge is -2.30. The summed E-state index contributed by atoms with van der Waals surface area (Å²) in [6.45, 7) is 4.12. The first-order valence-electron chi connectivity index (χ1n) is 10.6. The number of piperidine rings is 1. The molecule has 34 heavy (non-hydrogen) atoms. The number of benzene rings is 2. The number of sulfonamides is 1. The number of halogens is 2. The number of carbonyl (C=O) groups excluding carboxylic acids is 1. The predicted octanol–water partition coefficient (Wildman–Crippen LogP) is 3.70. The van der Waals surface area contributed by atoms with Gasteiger partial charge < -0.3 is 9.30 Å². The number of amides is 1. The highest BCUT2D eigenvalue weighted by Gasteiger charge is 2.33. The largest absolute Gasteiger partial charge is 0.497 e. The fourth-order valence-electron chi connectivity index (χ4n) is 3.96. The zero-order valence-electron chi connectivity index (χ0n) is 18.4. The van der Waals surface area contributed by atoms with Gasteiger partial charge in [0.2, 0.25) is 10.0 Å². The average Bonchev–Trinajstić information content (AvgIpc) is 3.16. The second-order valence-electron chi connectivity index (χ2n) is 7.85. The van der Waals surface area contributed by atoms with Gasteiger partial charge in [-0.1, -0.05) is 17.4 Å². The second-order valence-corrected chi connectivity index (χ2v) is 10.8. The lowest BCUT2D eigenvalue weighted by molar-refractivity contribution is -0.122. The van der Waals surface area contributed by atoms with Crippen molar-refractivity contribution in [2.75, 3.05) is 20.2 Å². The van der Waals surface area contributed by atoms with Crippen molar-refractivity contribution in [3.05, 3.63) is 65.5 Å². The highest BCUT2D eigenvalue weighted by molar-refractivity contribution is 7.89. The molecule has 0 saturated carbocycles. The number of nitrogens with zero attached hydrogens (tertiary/aromatic N) is 3. The van der Waals surface area contributed by atoms with Crippen molar-refractivity contribution >= 4 is 37.5 Å². The predicted molar refractivity (Wildman–Crippen MR) is 125 cm³/mol.